The highest BCUT2D eigenvalue weighted by Gasteiger charge is 2.12. The number of carbonyl (C=O) groups is 2. The number of carboxylic acid groups (broad SMARTS) is 1. The smallest absolute Gasteiger partial charge is 0.307 e. The van der Waals surface area contributed by atoms with Gasteiger partial charge in [-0.15, -0.1) is 0 Å². The molecule has 5 nitrogen and oxygen atoms in total. The van der Waals surface area contributed by atoms with E-state index in [0.717, 1.165) is 0 Å². The number of hydrogen-bond donors (Lipinski definition) is 3. The molecular weight excluding hydrogens is 359 g/mol. The molecule has 0 aliphatic carbocycles. The van der Waals surface area contributed by atoms with Crippen LogP contribution in [0.25, 0.3) is 11.1 Å². The lowest BCUT2D eigenvalue weighted by Crippen LogP contribution is -2.14. The first kappa shape index (κ1) is 19.3. The number of nitrogens with two attached hydrogens (primary N) is 1. The summed E-state index contributed by atoms with van der Waals surface area (Å²) in [7, 11) is 0. The highest BCUT2D eigenvalue weighted by molar-refractivity contribution is 6.05. The first-order valence-electron chi connectivity index (χ1n) is 8.67. The number of benzene rings is 3. The normalized spacial score (nSPS) is 10.5. The Balaban J connectivity index is 1.88. The molecule has 3 aromatic rings. The van der Waals surface area contributed by atoms with Gasteiger partial charge >= 0.3 is 5.97 Å². The first-order valence-corrected chi connectivity index (χ1v) is 8.67. The Kier molecular flexibility index (Phi) is 5.81. The zero-order valence-electron chi connectivity index (χ0n) is 15.0. The summed E-state index contributed by atoms with van der Waals surface area (Å²) in [6.45, 7) is 0.214. The molecule has 0 aliphatic heterocycles. The average Bonchev–Trinajstić information content (AvgIpc) is 2.68. The van der Waals surface area contributed by atoms with Crippen LogP contribution in [0, 0.1) is 5.82 Å². The van der Waals surface area contributed by atoms with Gasteiger partial charge in [0.05, 0.1) is 6.42 Å². The van der Waals surface area contributed by atoms with Crippen molar-refractivity contribution in [1.29, 1.82) is 0 Å². The fourth-order valence-corrected chi connectivity index (χ4v) is 2.93. The molecule has 3 aromatic carbocycles. The van der Waals surface area contributed by atoms with Crippen LogP contribution in [-0.4, -0.2) is 17.0 Å². The van der Waals surface area contributed by atoms with Crippen molar-refractivity contribution in [3.8, 4) is 11.1 Å². The van der Waals surface area contributed by atoms with Gasteiger partial charge in [-0.2, -0.15) is 0 Å². The van der Waals surface area contributed by atoms with Crippen LogP contribution < -0.4 is 11.1 Å². The Bertz CT molecular complexity index is 1030. The second kappa shape index (κ2) is 8.45. The first-order chi connectivity index (χ1) is 13.5. The molecule has 142 valence electrons. The summed E-state index contributed by atoms with van der Waals surface area (Å²) in [5.74, 6) is -1.75. The lowest BCUT2D eigenvalue weighted by Gasteiger charge is -2.11. The summed E-state index contributed by atoms with van der Waals surface area (Å²) >= 11 is 0. The summed E-state index contributed by atoms with van der Waals surface area (Å²) in [5.41, 5.74) is 8.90. The lowest BCUT2D eigenvalue weighted by molar-refractivity contribution is -0.136. The predicted octanol–water partition coefficient (Wildman–Crippen LogP) is 3.83. The number of halogens is 1. The summed E-state index contributed by atoms with van der Waals surface area (Å²) < 4.78 is 13.8. The minimum atomic E-state index is -0.981. The maximum atomic E-state index is 13.8. The second-order valence-corrected chi connectivity index (χ2v) is 6.31. The summed E-state index contributed by atoms with van der Waals surface area (Å²) in [6, 6.07) is 18.1. The van der Waals surface area contributed by atoms with E-state index in [4.69, 9.17) is 10.8 Å². The monoisotopic (exact) mass is 378 g/mol. The Labute approximate surface area is 161 Å². The molecule has 0 radical (unpaired) electrons. The molecule has 0 saturated carbocycles. The van der Waals surface area contributed by atoms with E-state index < -0.39 is 11.8 Å². The van der Waals surface area contributed by atoms with Crippen molar-refractivity contribution in [3.63, 3.8) is 0 Å². The van der Waals surface area contributed by atoms with E-state index in [0.29, 0.717) is 33.5 Å². The molecule has 0 bridgehead atoms. The van der Waals surface area contributed by atoms with Crippen molar-refractivity contribution >= 4 is 17.6 Å². The molecule has 0 aliphatic rings. The maximum absolute atomic E-state index is 13.8. The van der Waals surface area contributed by atoms with Crippen LogP contribution in [0.3, 0.4) is 0 Å². The maximum Gasteiger partial charge on any atom is 0.307 e. The topological polar surface area (TPSA) is 92.4 Å². The van der Waals surface area contributed by atoms with E-state index in [1.165, 1.54) is 12.1 Å². The highest BCUT2D eigenvalue weighted by Crippen LogP contribution is 2.24. The van der Waals surface area contributed by atoms with Crippen molar-refractivity contribution in [2.45, 2.75) is 13.0 Å². The quantitative estimate of drug-likeness (QED) is 0.608. The average molecular weight is 378 g/mol. The number of carboxylic acids is 1. The molecule has 28 heavy (non-hydrogen) atoms. The number of rotatable bonds is 6. The van der Waals surface area contributed by atoms with Crippen molar-refractivity contribution < 1.29 is 19.1 Å². The molecule has 6 heteroatoms. The van der Waals surface area contributed by atoms with Crippen LogP contribution in [0.4, 0.5) is 10.1 Å². The molecule has 0 atom stereocenters. The van der Waals surface area contributed by atoms with Gasteiger partial charge in [0.25, 0.3) is 5.91 Å². The molecule has 0 unspecified atom stereocenters. The molecule has 0 fully saturated rings. The minimum Gasteiger partial charge on any atom is -0.481 e. The van der Waals surface area contributed by atoms with Gasteiger partial charge in [0.15, 0.2) is 0 Å². The predicted molar refractivity (Wildman–Crippen MR) is 105 cm³/mol. The number of anilines is 1. The zero-order chi connectivity index (χ0) is 20.1. The van der Waals surface area contributed by atoms with Crippen LogP contribution in [0.2, 0.25) is 0 Å². The molecule has 0 heterocycles. The highest BCUT2D eigenvalue weighted by atomic mass is 19.1. The third kappa shape index (κ3) is 4.61. The number of carbonyl (C=O) groups excluding carboxylic acids is 1. The van der Waals surface area contributed by atoms with E-state index in [9.17, 15) is 14.0 Å². The number of aliphatic carboxylic acids is 1. The van der Waals surface area contributed by atoms with Gasteiger partial charge in [0.1, 0.15) is 5.82 Å². The largest absolute Gasteiger partial charge is 0.481 e. The summed E-state index contributed by atoms with van der Waals surface area (Å²) in [4.78, 5) is 23.7. The standard InChI is InChI=1S/C22H19FN2O3/c23-19-9-14(13-24)8-18(11-19)15-5-3-6-17(10-15)22(28)25-20-7-2-1-4-16(20)12-21(26)27/h1-11H,12-13,24H2,(H,25,28)(H,26,27). The van der Waals surface area contributed by atoms with Gasteiger partial charge in [-0.3, -0.25) is 9.59 Å². The van der Waals surface area contributed by atoms with Crippen molar-refractivity contribution in [2.24, 2.45) is 5.73 Å². The van der Waals surface area contributed by atoms with Gasteiger partial charge in [0.2, 0.25) is 0 Å². The van der Waals surface area contributed by atoms with Crippen LogP contribution in [0.1, 0.15) is 21.5 Å². The van der Waals surface area contributed by atoms with Crippen molar-refractivity contribution in [3.05, 3.63) is 89.2 Å². The van der Waals surface area contributed by atoms with Crippen LogP contribution in [0.5, 0.6) is 0 Å². The third-order valence-corrected chi connectivity index (χ3v) is 4.26. The molecule has 3 rings (SSSR count). The van der Waals surface area contributed by atoms with E-state index in [1.807, 2.05) is 0 Å². The lowest BCUT2D eigenvalue weighted by atomic mass is 10.0. The van der Waals surface area contributed by atoms with E-state index in [1.54, 1.807) is 54.6 Å². The molecule has 0 aromatic heterocycles. The second-order valence-electron chi connectivity index (χ2n) is 6.31. The van der Waals surface area contributed by atoms with Gasteiger partial charge in [-0.25, -0.2) is 4.39 Å². The number of para-hydroxylation sites is 1. The Morgan fingerprint density at radius 3 is 2.50 bits per heavy atom. The van der Waals surface area contributed by atoms with Gasteiger partial charge in [0, 0.05) is 17.8 Å². The molecule has 1 amide bonds. The summed E-state index contributed by atoms with van der Waals surface area (Å²) in [5, 5.41) is 11.8. The molecular formula is C22H19FN2O3. The van der Waals surface area contributed by atoms with Crippen LogP contribution in [-0.2, 0) is 17.8 Å². The number of hydrogen-bond acceptors (Lipinski definition) is 3. The van der Waals surface area contributed by atoms with Gasteiger partial charge < -0.3 is 16.2 Å². The van der Waals surface area contributed by atoms with Crippen molar-refractivity contribution in [2.75, 3.05) is 5.32 Å². The number of amides is 1. The molecule has 0 spiro atoms. The summed E-state index contributed by atoms with van der Waals surface area (Å²) in [6.07, 6.45) is -0.193. The third-order valence-electron chi connectivity index (χ3n) is 4.26. The van der Waals surface area contributed by atoms with Gasteiger partial charge in [-0.1, -0.05) is 30.3 Å². The fraction of sp³-hybridized carbons (Fsp3) is 0.0909. The minimum absolute atomic E-state index is 0.193. The Morgan fingerprint density at radius 2 is 1.75 bits per heavy atom. The van der Waals surface area contributed by atoms with Crippen molar-refractivity contribution in [1.82, 2.24) is 0 Å². The van der Waals surface area contributed by atoms with E-state index in [-0.39, 0.29) is 18.9 Å². The Morgan fingerprint density at radius 1 is 0.964 bits per heavy atom. The van der Waals surface area contributed by atoms with Crippen LogP contribution in [0.15, 0.2) is 66.7 Å². The number of nitrogens with one attached hydrogen (secondary N) is 1. The molecule has 0 saturated heterocycles. The van der Waals surface area contributed by atoms with Crippen LogP contribution >= 0.6 is 0 Å². The van der Waals surface area contributed by atoms with E-state index >= 15 is 0 Å². The Hall–Kier alpha value is -3.51. The zero-order valence-corrected chi connectivity index (χ0v) is 15.0. The SMILES string of the molecule is NCc1cc(F)cc(-c2cccc(C(=O)Nc3ccccc3CC(=O)O)c2)c1. The van der Waals surface area contributed by atoms with E-state index in [2.05, 4.69) is 5.32 Å². The van der Waals surface area contributed by atoms with Gasteiger partial charge in [-0.05, 0) is 58.7 Å². The molecule has 4 N–H and O–H groups in total. The fourth-order valence-electron chi connectivity index (χ4n) is 2.93.